The molecule has 2 unspecified atom stereocenters. The second-order valence-corrected chi connectivity index (χ2v) is 4.97. The smallest absolute Gasteiger partial charge is 0.268 e. The summed E-state index contributed by atoms with van der Waals surface area (Å²) in [5.41, 5.74) is 0. The van der Waals surface area contributed by atoms with Gasteiger partial charge in [0.05, 0.1) is 6.61 Å². The molecule has 1 aliphatic rings. The molecule has 0 aromatic carbocycles. The van der Waals surface area contributed by atoms with Crippen LogP contribution in [0.2, 0.25) is 0 Å². The number of phosphoric acid groups is 1. The summed E-state index contributed by atoms with van der Waals surface area (Å²) < 4.78 is 35.6. The van der Waals surface area contributed by atoms with Crippen LogP contribution in [-0.2, 0) is 27.8 Å². The lowest BCUT2D eigenvalue weighted by Gasteiger charge is -2.29. The van der Waals surface area contributed by atoms with Crippen molar-refractivity contribution < 1.29 is 32.7 Å². The Labute approximate surface area is 101 Å². The third kappa shape index (κ3) is 3.76. The van der Waals surface area contributed by atoms with Crippen molar-refractivity contribution >= 4 is 15.7 Å². The summed E-state index contributed by atoms with van der Waals surface area (Å²) in [6.45, 7) is 0.141. The Morgan fingerprint density at radius 1 is 1.35 bits per heavy atom. The second-order valence-electron chi connectivity index (χ2n) is 3.49. The molecule has 1 rings (SSSR count). The summed E-state index contributed by atoms with van der Waals surface area (Å²) in [5.74, 6) is 0. The molecular formula is C8H15BO7P-. The third-order valence-corrected chi connectivity index (χ3v) is 3.37. The Morgan fingerprint density at radius 3 is 2.47 bits per heavy atom. The van der Waals surface area contributed by atoms with Crippen LogP contribution in [0.25, 0.3) is 0 Å². The van der Waals surface area contributed by atoms with E-state index in [0.717, 1.165) is 7.11 Å². The Bertz CT molecular complexity index is 289. The lowest BCUT2D eigenvalue weighted by molar-refractivity contribution is -0.231. The highest BCUT2D eigenvalue weighted by molar-refractivity contribution is 7.45. The average Bonchev–Trinajstić information content (AvgIpc) is 2.55. The van der Waals surface area contributed by atoms with Crippen LogP contribution >= 0.6 is 7.82 Å². The van der Waals surface area contributed by atoms with Gasteiger partial charge in [0, 0.05) is 27.3 Å². The van der Waals surface area contributed by atoms with E-state index in [1.54, 1.807) is 0 Å². The molecule has 9 heteroatoms. The van der Waals surface area contributed by atoms with Crippen LogP contribution < -0.4 is 4.89 Å². The zero-order valence-corrected chi connectivity index (χ0v) is 10.8. The minimum absolute atomic E-state index is 0.141. The van der Waals surface area contributed by atoms with Gasteiger partial charge in [-0.05, 0) is 0 Å². The number of rotatable bonds is 6. The van der Waals surface area contributed by atoms with E-state index in [0.29, 0.717) is 0 Å². The maximum atomic E-state index is 11.3. The molecule has 0 aliphatic carbocycles. The van der Waals surface area contributed by atoms with Crippen LogP contribution in [0.1, 0.15) is 0 Å². The van der Waals surface area contributed by atoms with E-state index >= 15 is 0 Å². The van der Waals surface area contributed by atoms with Crippen molar-refractivity contribution in [2.24, 2.45) is 0 Å². The molecule has 0 N–H and O–H groups in total. The van der Waals surface area contributed by atoms with Crippen LogP contribution in [-0.4, -0.2) is 60.1 Å². The van der Waals surface area contributed by atoms with Gasteiger partial charge in [0.2, 0.25) is 0 Å². The van der Waals surface area contributed by atoms with Crippen molar-refractivity contribution in [3.05, 3.63) is 0 Å². The molecule has 0 spiro atoms. The molecule has 98 valence electrons. The van der Waals surface area contributed by atoms with Gasteiger partial charge >= 0.3 is 0 Å². The first-order valence-corrected chi connectivity index (χ1v) is 6.39. The number of hydrogen-bond donors (Lipinski definition) is 0. The Kier molecular flexibility index (Phi) is 5.59. The lowest BCUT2D eigenvalue weighted by Crippen LogP contribution is -2.38. The van der Waals surface area contributed by atoms with Crippen LogP contribution in [0.4, 0.5) is 0 Å². The van der Waals surface area contributed by atoms with Gasteiger partial charge in [-0.3, -0.25) is 4.57 Å². The van der Waals surface area contributed by atoms with E-state index in [1.165, 1.54) is 14.2 Å². The monoisotopic (exact) mass is 265 g/mol. The van der Waals surface area contributed by atoms with E-state index in [4.69, 9.17) is 26.6 Å². The molecule has 1 heterocycles. The van der Waals surface area contributed by atoms with Gasteiger partial charge in [0.1, 0.15) is 26.2 Å². The molecule has 0 aromatic heterocycles. The molecule has 7 nitrogen and oxygen atoms in total. The molecule has 1 saturated heterocycles. The summed E-state index contributed by atoms with van der Waals surface area (Å²) >= 11 is 0. The van der Waals surface area contributed by atoms with Gasteiger partial charge in [-0.1, -0.05) is 0 Å². The summed E-state index contributed by atoms with van der Waals surface area (Å²) in [6.07, 6.45) is -2.22. The number of ether oxygens (including phenoxy) is 3. The van der Waals surface area contributed by atoms with Gasteiger partial charge in [0.25, 0.3) is 7.82 Å². The van der Waals surface area contributed by atoms with Crippen molar-refractivity contribution in [2.75, 3.05) is 27.9 Å². The molecule has 17 heavy (non-hydrogen) atoms. The van der Waals surface area contributed by atoms with Gasteiger partial charge in [-0.15, -0.1) is 0 Å². The number of hydrogen-bond acceptors (Lipinski definition) is 7. The predicted octanol–water partition coefficient (Wildman–Crippen LogP) is -0.959. The first-order valence-electron chi connectivity index (χ1n) is 4.93. The van der Waals surface area contributed by atoms with Crippen molar-refractivity contribution in [3.63, 3.8) is 0 Å². The normalized spacial score (nSPS) is 36.9. The molecule has 5 atom stereocenters. The second kappa shape index (κ2) is 6.29. The standard InChI is InChI=1S/C8H16BO7P/c1-12-4-5-6(16-17(10,11)14-3)7(13-2)8(9)15-5/h5-8H,4H2,1-3H3,(H,10,11)/p-1/t5-,6?,7+,8-/m1/s1. The van der Waals surface area contributed by atoms with Crippen molar-refractivity contribution in [1.82, 2.24) is 0 Å². The topological polar surface area (TPSA) is 86.3 Å². The fourth-order valence-electron chi connectivity index (χ4n) is 1.64. The summed E-state index contributed by atoms with van der Waals surface area (Å²) in [7, 11) is 5.12. The quantitative estimate of drug-likeness (QED) is 0.451. The molecule has 2 radical (unpaired) electrons. The zero-order chi connectivity index (χ0) is 13.1. The van der Waals surface area contributed by atoms with Gasteiger partial charge < -0.3 is 28.2 Å². The van der Waals surface area contributed by atoms with Crippen LogP contribution in [0.5, 0.6) is 0 Å². The fourth-order valence-corrected chi connectivity index (χ4v) is 2.28. The molecule has 0 amide bonds. The summed E-state index contributed by atoms with van der Waals surface area (Å²) in [5, 5.41) is 0. The van der Waals surface area contributed by atoms with E-state index in [9.17, 15) is 9.46 Å². The van der Waals surface area contributed by atoms with Crippen LogP contribution in [0, 0.1) is 0 Å². The predicted molar refractivity (Wildman–Crippen MR) is 56.6 cm³/mol. The lowest BCUT2D eigenvalue weighted by atomic mass is 9.93. The van der Waals surface area contributed by atoms with E-state index in [-0.39, 0.29) is 6.61 Å². The Balaban J connectivity index is 2.77. The minimum atomic E-state index is -4.38. The maximum absolute atomic E-state index is 11.3. The molecule has 1 fully saturated rings. The maximum Gasteiger partial charge on any atom is 0.268 e. The van der Waals surface area contributed by atoms with Crippen LogP contribution in [0.15, 0.2) is 0 Å². The van der Waals surface area contributed by atoms with Gasteiger partial charge in [-0.25, -0.2) is 0 Å². The highest BCUT2D eigenvalue weighted by atomic mass is 31.2. The van der Waals surface area contributed by atoms with Crippen LogP contribution in [0.3, 0.4) is 0 Å². The highest BCUT2D eigenvalue weighted by Crippen LogP contribution is 2.42. The molecular weight excluding hydrogens is 250 g/mol. The van der Waals surface area contributed by atoms with Crippen molar-refractivity contribution in [2.45, 2.75) is 24.3 Å². The fraction of sp³-hybridized carbons (Fsp3) is 1.00. The third-order valence-electron chi connectivity index (χ3n) is 2.42. The summed E-state index contributed by atoms with van der Waals surface area (Å²) in [4.78, 5) is 11.3. The first kappa shape index (κ1) is 15.1. The largest absolute Gasteiger partial charge is 0.756 e. The van der Waals surface area contributed by atoms with Crippen molar-refractivity contribution in [3.8, 4) is 0 Å². The van der Waals surface area contributed by atoms with E-state index in [2.05, 4.69) is 4.52 Å². The SMILES string of the molecule is [B][C@@H]1O[C@H](COC)C(OP(=O)([O-])OC)[C@@H]1OC. The molecule has 1 aliphatic heterocycles. The average molecular weight is 265 g/mol. The first-order chi connectivity index (χ1) is 7.95. The minimum Gasteiger partial charge on any atom is -0.756 e. The molecule has 0 saturated carbocycles. The van der Waals surface area contributed by atoms with E-state index in [1.807, 2.05) is 0 Å². The summed E-state index contributed by atoms with van der Waals surface area (Å²) in [6, 6.07) is -0.776. The molecule has 0 aromatic rings. The van der Waals surface area contributed by atoms with E-state index < -0.39 is 32.1 Å². The zero-order valence-electron chi connectivity index (χ0n) is 9.90. The Hall–Kier alpha value is 0.0549. The molecule has 0 bridgehead atoms. The Morgan fingerprint density at radius 2 is 2.00 bits per heavy atom. The van der Waals surface area contributed by atoms with Gasteiger partial charge in [0.15, 0.2) is 0 Å². The number of phosphoric ester groups is 1. The highest BCUT2D eigenvalue weighted by Gasteiger charge is 2.44. The number of methoxy groups -OCH3 is 2. The van der Waals surface area contributed by atoms with Crippen molar-refractivity contribution in [1.29, 1.82) is 0 Å². The van der Waals surface area contributed by atoms with Gasteiger partial charge in [-0.2, -0.15) is 0 Å².